The predicted molar refractivity (Wildman–Crippen MR) is 98.1 cm³/mol. The molecule has 5 heteroatoms. The van der Waals surface area contributed by atoms with Gasteiger partial charge in [-0.15, -0.1) is 0 Å². The van der Waals surface area contributed by atoms with E-state index in [1.165, 1.54) is 13.0 Å². The number of nitrogens with one attached hydrogen (secondary N) is 1. The molecule has 1 amide bonds. The first kappa shape index (κ1) is 16.6. The van der Waals surface area contributed by atoms with E-state index in [9.17, 15) is 4.79 Å². The summed E-state index contributed by atoms with van der Waals surface area (Å²) in [6.45, 7) is 3.31. The van der Waals surface area contributed by atoms with E-state index in [-0.39, 0.29) is 11.9 Å². The number of carbonyl (C=O) groups excluding carboxylic acids is 1. The number of ether oxygens (including phenoxy) is 1. The molecule has 2 aromatic carbocycles. The summed E-state index contributed by atoms with van der Waals surface area (Å²) in [6.07, 6.45) is 2.34. The molecule has 1 unspecified atom stereocenters. The molecular formula is C21H21N3O2. The molecule has 132 valence electrons. The molecule has 0 saturated carbocycles. The maximum atomic E-state index is 12.5. The summed E-state index contributed by atoms with van der Waals surface area (Å²) < 4.78 is 5.75. The van der Waals surface area contributed by atoms with Crippen LogP contribution in [0.15, 0.2) is 48.5 Å². The van der Waals surface area contributed by atoms with Crippen LogP contribution in [0.1, 0.15) is 28.8 Å². The van der Waals surface area contributed by atoms with Crippen LogP contribution in [-0.4, -0.2) is 36.5 Å². The van der Waals surface area contributed by atoms with Crippen LogP contribution in [0, 0.1) is 17.2 Å². The van der Waals surface area contributed by atoms with Crippen LogP contribution in [0.5, 0.6) is 11.5 Å². The van der Waals surface area contributed by atoms with Gasteiger partial charge in [0.05, 0.1) is 11.6 Å². The number of benzene rings is 2. The second kappa shape index (κ2) is 7.19. The van der Waals surface area contributed by atoms with E-state index in [0.717, 1.165) is 25.4 Å². The summed E-state index contributed by atoms with van der Waals surface area (Å²) in [5.74, 6) is 1.94. The van der Waals surface area contributed by atoms with Gasteiger partial charge in [0.1, 0.15) is 11.5 Å². The Balaban J connectivity index is 1.37. The molecule has 0 radical (unpaired) electrons. The van der Waals surface area contributed by atoms with Gasteiger partial charge in [0.15, 0.2) is 0 Å². The lowest BCUT2D eigenvalue weighted by atomic mass is 9.96. The third kappa shape index (κ3) is 3.71. The summed E-state index contributed by atoms with van der Waals surface area (Å²) in [4.78, 5) is 14.9. The SMILES string of the molecule is N#Cc1cccc(Oc2ccc(C(=O)N[C@@H]3C[C@@H]4CCN(C4)C3)cc2)c1. The van der Waals surface area contributed by atoms with Gasteiger partial charge >= 0.3 is 0 Å². The predicted octanol–water partition coefficient (Wildman–Crippen LogP) is 3.17. The number of hydrogen-bond acceptors (Lipinski definition) is 4. The molecule has 2 aliphatic rings. The highest BCUT2D eigenvalue weighted by molar-refractivity contribution is 5.94. The van der Waals surface area contributed by atoms with Gasteiger partial charge in [0.25, 0.3) is 5.91 Å². The monoisotopic (exact) mass is 347 g/mol. The van der Waals surface area contributed by atoms with Crippen molar-refractivity contribution >= 4 is 5.91 Å². The van der Waals surface area contributed by atoms with Crippen molar-refractivity contribution in [3.05, 3.63) is 59.7 Å². The van der Waals surface area contributed by atoms with Crippen molar-refractivity contribution < 1.29 is 9.53 Å². The van der Waals surface area contributed by atoms with E-state index in [0.29, 0.717) is 22.6 Å². The van der Waals surface area contributed by atoms with E-state index < -0.39 is 0 Å². The van der Waals surface area contributed by atoms with Crippen LogP contribution < -0.4 is 10.1 Å². The van der Waals surface area contributed by atoms with Gasteiger partial charge in [0.2, 0.25) is 0 Å². The molecule has 0 aliphatic carbocycles. The summed E-state index contributed by atoms with van der Waals surface area (Å²) in [5, 5.41) is 12.1. The number of fused-ring (bicyclic) bond motifs is 2. The Hall–Kier alpha value is -2.84. The van der Waals surface area contributed by atoms with Crippen molar-refractivity contribution in [2.45, 2.75) is 18.9 Å². The maximum absolute atomic E-state index is 12.5. The highest BCUT2D eigenvalue weighted by Crippen LogP contribution is 2.27. The highest BCUT2D eigenvalue weighted by atomic mass is 16.5. The molecule has 2 saturated heterocycles. The van der Waals surface area contributed by atoms with E-state index in [4.69, 9.17) is 10.00 Å². The van der Waals surface area contributed by atoms with Crippen molar-refractivity contribution in [3.8, 4) is 17.6 Å². The van der Waals surface area contributed by atoms with Crippen LogP contribution in [-0.2, 0) is 0 Å². The summed E-state index contributed by atoms with van der Waals surface area (Å²) in [6, 6.07) is 16.4. The van der Waals surface area contributed by atoms with Crippen LogP contribution in [0.2, 0.25) is 0 Å². The number of nitriles is 1. The van der Waals surface area contributed by atoms with Gasteiger partial charge in [0, 0.05) is 24.7 Å². The molecule has 26 heavy (non-hydrogen) atoms. The van der Waals surface area contributed by atoms with Gasteiger partial charge < -0.3 is 15.0 Å². The summed E-state index contributed by atoms with van der Waals surface area (Å²) in [5.41, 5.74) is 1.19. The molecule has 2 aliphatic heterocycles. The zero-order chi connectivity index (χ0) is 17.9. The topological polar surface area (TPSA) is 65.4 Å². The second-order valence-electron chi connectivity index (χ2n) is 7.09. The molecule has 1 N–H and O–H groups in total. The van der Waals surface area contributed by atoms with Crippen LogP contribution in [0.25, 0.3) is 0 Å². The van der Waals surface area contributed by atoms with E-state index in [1.54, 1.807) is 48.5 Å². The molecule has 3 atom stereocenters. The first-order valence-electron chi connectivity index (χ1n) is 9.01. The molecule has 4 rings (SSSR count). The molecular weight excluding hydrogens is 326 g/mol. The standard InChI is InChI=1S/C21H21N3O2/c22-12-15-2-1-3-20(11-15)26-19-6-4-17(5-7-19)21(25)23-18-10-16-8-9-24(13-16)14-18/h1-7,11,16,18H,8-10,13-14H2,(H,23,25)/t16-,18+/m0/s1. The zero-order valence-electron chi connectivity index (χ0n) is 14.5. The number of rotatable bonds is 4. The molecule has 0 spiro atoms. The highest BCUT2D eigenvalue weighted by Gasteiger charge is 2.32. The Morgan fingerprint density at radius 2 is 2.00 bits per heavy atom. The Morgan fingerprint density at radius 1 is 1.15 bits per heavy atom. The maximum Gasteiger partial charge on any atom is 0.251 e. The minimum atomic E-state index is -0.0319. The number of carbonyl (C=O) groups is 1. The van der Waals surface area contributed by atoms with Gasteiger partial charge in [-0.2, -0.15) is 5.26 Å². The molecule has 2 heterocycles. The van der Waals surface area contributed by atoms with E-state index in [1.807, 2.05) is 0 Å². The smallest absolute Gasteiger partial charge is 0.251 e. The van der Waals surface area contributed by atoms with Gasteiger partial charge in [-0.1, -0.05) is 6.07 Å². The van der Waals surface area contributed by atoms with E-state index >= 15 is 0 Å². The lowest BCUT2D eigenvalue weighted by molar-refractivity contribution is 0.0909. The summed E-state index contributed by atoms with van der Waals surface area (Å²) in [7, 11) is 0. The molecule has 2 bridgehead atoms. The normalized spacial score (nSPS) is 23.9. The fourth-order valence-electron chi connectivity index (χ4n) is 3.87. The van der Waals surface area contributed by atoms with Gasteiger partial charge in [-0.25, -0.2) is 0 Å². The third-order valence-electron chi connectivity index (χ3n) is 5.12. The van der Waals surface area contributed by atoms with Gasteiger partial charge in [-0.3, -0.25) is 4.79 Å². The van der Waals surface area contributed by atoms with Crippen molar-refractivity contribution in [3.63, 3.8) is 0 Å². The zero-order valence-corrected chi connectivity index (χ0v) is 14.5. The van der Waals surface area contributed by atoms with E-state index in [2.05, 4.69) is 16.3 Å². The first-order chi connectivity index (χ1) is 12.7. The number of nitrogens with zero attached hydrogens (tertiary/aromatic N) is 2. The second-order valence-corrected chi connectivity index (χ2v) is 7.09. The molecule has 2 aromatic rings. The largest absolute Gasteiger partial charge is 0.457 e. The van der Waals surface area contributed by atoms with Crippen molar-refractivity contribution in [1.82, 2.24) is 10.2 Å². The fourth-order valence-corrected chi connectivity index (χ4v) is 3.87. The van der Waals surface area contributed by atoms with Crippen molar-refractivity contribution in [2.24, 2.45) is 5.92 Å². The summed E-state index contributed by atoms with van der Waals surface area (Å²) >= 11 is 0. The van der Waals surface area contributed by atoms with Crippen LogP contribution >= 0.6 is 0 Å². The number of hydrogen-bond donors (Lipinski definition) is 1. The third-order valence-corrected chi connectivity index (χ3v) is 5.12. The quantitative estimate of drug-likeness (QED) is 0.922. The van der Waals surface area contributed by atoms with Crippen molar-refractivity contribution in [2.75, 3.05) is 19.6 Å². The van der Waals surface area contributed by atoms with Crippen LogP contribution in [0.3, 0.4) is 0 Å². The molecule has 0 aromatic heterocycles. The van der Waals surface area contributed by atoms with Gasteiger partial charge in [-0.05, 0) is 67.8 Å². The number of piperidine rings is 1. The average molecular weight is 347 g/mol. The fraction of sp³-hybridized carbons (Fsp3) is 0.333. The van der Waals surface area contributed by atoms with Crippen molar-refractivity contribution in [1.29, 1.82) is 5.26 Å². The Morgan fingerprint density at radius 3 is 2.77 bits per heavy atom. The lowest BCUT2D eigenvalue weighted by Gasteiger charge is -2.30. The van der Waals surface area contributed by atoms with Crippen LogP contribution in [0.4, 0.5) is 0 Å². The molecule has 5 nitrogen and oxygen atoms in total. The molecule has 2 fully saturated rings. The minimum absolute atomic E-state index is 0.0319. The Kier molecular flexibility index (Phi) is 4.59. The Bertz CT molecular complexity index is 829. The minimum Gasteiger partial charge on any atom is -0.457 e. The lowest BCUT2D eigenvalue weighted by Crippen LogP contribution is -2.46. The average Bonchev–Trinajstić information content (AvgIpc) is 3.00. The number of amides is 1. The Labute approximate surface area is 153 Å². The first-order valence-corrected chi connectivity index (χ1v) is 9.01.